The van der Waals surface area contributed by atoms with E-state index in [1.165, 1.54) is 16.7 Å². The highest BCUT2D eigenvalue weighted by Crippen LogP contribution is 2.51. The lowest BCUT2D eigenvalue weighted by atomic mass is 9.95. The van der Waals surface area contributed by atoms with Crippen LogP contribution in [0, 0.1) is 6.92 Å². The van der Waals surface area contributed by atoms with Crippen molar-refractivity contribution in [2.75, 3.05) is 0 Å². The number of benzene rings is 1. The lowest BCUT2D eigenvalue weighted by molar-refractivity contribution is -0.159. The smallest absolute Gasteiger partial charge is 0.327 e. The van der Waals surface area contributed by atoms with Crippen molar-refractivity contribution in [2.45, 2.75) is 43.0 Å². The average Bonchev–Trinajstić information content (AvgIpc) is 3.14. The maximum atomic E-state index is 13.1. The van der Waals surface area contributed by atoms with E-state index < -0.39 is 40.0 Å². The summed E-state index contributed by atoms with van der Waals surface area (Å²) in [5.74, 6) is -1.84. The number of carboxylic acids is 1. The molecule has 8 nitrogen and oxygen atoms in total. The van der Waals surface area contributed by atoms with Crippen LogP contribution in [-0.2, 0) is 9.59 Å². The van der Waals surface area contributed by atoms with Crippen LogP contribution in [-0.4, -0.2) is 55.2 Å². The van der Waals surface area contributed by atoms with E-state index >= 15 is 0 Å². The number of aryl methyl sites for hydroxylation is 1. The zero-order chi connectivity index (χ0) is 22.0. The number of rotatable bonds is 4. The fraction of sp³-hybridized carbons (Fsp3) is 0.368. The van der Waals surface area contributed by atoms with Crippen molar-refractivity contribution in [3.63, 3.8) is 0 Å². The van der Waals surface area contributed by atoms with Crippen molar-refractivity contribution in [3.05, 3.63) is 39.6 Å². The number of nitrogens with zero attached hydrogens (tertiary/aromatic N) is 2. The van der Waals surface area contributed by atoms with E-state index in [9.17, 15) is 19.5 Å². The number of fused-ring (bicyclic) bond motifs is 1. The summed E-state index contributed by atoms with van der Waals surface area (Å²) in [6.45, 7) is 5.10. The molecule has 11 heteroatoms. The Kier molecular flexibility index (Phi) is 5.03. The minimum Gasteiger partial charge on any atom is -0.480 e. The predicted octanol–water partition coefficient (Wildman–Crippen LogP) is 3.20. The molecule has 4 rings (SSSR count). The first-order chi connectivity index (χ1) is 14.0. The molecule has 0 radical (unpaired) electrons. The monoisotopic (exact) mass is 469 g/mol. The Labute approximate surface area is 185 Å². The van der Waals surface area contributed by atoms with E-state index in [1.54, 1.807) is 39.0 Å². The molecule has 2 aliphatic rings. The summed E-state index contributed by atoms with van der Waals surface area (Å²) in [4.78, 5) is 38.7. The van der Waals surface area contributed by atoms with E-state index in [2.05, 4.69) is 10.5 Å². The molecular formula is C19H17Cl2N3O5S. The Morgan fingerprint density at radius 1 is 1.30 bits per heavy atom. The summed E-state index contributed by atoms with van der Waals surface area (Å²) in [6, 6.07) is 3.09. The van der Waals surface area contributed by atoms with Gasteiger partial charge < -0.3 is 19.8 Å². The van der Waals surface area contributed by atoms with Crippen LogP contribution in [0.1, 0.15) is 30.0 Å². The van der Waals surface area contributed by atoms with Crippen molar-refractivity contribution >= 4 is 52.7 Å². The molecule has 3 atom stereocenters. The molecule has 0 bridgehead atoms. The molecule has 3 heterocycles. The second-order valence-corrected chi connectivity index (χ2v) is 10.2. The van der Waals surface area contributed by atoms with Crippen LogP contribution in [0.3, 0.4) is 0 Å². The molecule has 0 spiro atoms. The lowest BCUT2D eigenvalue weighted by Gasteiger charge is -2.43. The third-order valence-electron chi connectivity index (χ3n) is 5.25. The van der Waals surface area contributed by atoms with Gasteiger partial charge in [0.1, 0.15) is 34.5 Å². The van der Waals surface area contributed by atoms with Crippen molar-refractivity contribution < 1.29 is 24.0 Å². The molecule has 1 aromatic carbocycles. The number of β-lactam (4-membered cyclic amide) rings is 1. The maximum absolute atomic E-state index is 13.1. The molecular weight excluding hydrogens is 453 g/mol. The zero-order valence-corrected chi connectivity index (χ0v) is 18.4. The number of thioether (sulfide) groups is 1. The van der Waals surface area contributed by atoms with Crippen LogP contribution in [0.4, 0.5) is 0 Å². The first-order valence-electron chi connectivity index (χ1n) is 8.99. The van der Waals surface area contributed by atoms with Gasteiger partial charge in [-0.25, -0.2) is 4.79 Å². The van der Waals surface area contributed by atoms with Gasteiger partial charge in [0.15, 0.2) is 0 Å². The summed E-state index contributed by atoms with van der Waals surface area (Å²) < 4.78 is 4.52. The van der Waals surface area contributed by atoms with Crippen molar-refractivity contribution in [1.29, 1.82) is 0 Å². The lowest BCUT2D eigenvalue weighted by Crippen LogP contribution is -2.70. The van der Waals surface area contributed by atoms with Crippen molar-refractivity contribution in [3.8, 4) is 11.3 Å². The number of carbonyl (C=O) groups is 3. The van der Waals surface area contributed by atoms with Crippen LogP contribution in [0.2, 0.25) is 10.0 Å². The third kappa shape index (κ3) is 3.07. The molecule has 2 fully saturated rings. The highest BCUT2D eigenvalue weighted by atomic mass is 35.5. The van der Waals surface area contributed by atoms with Crippen LogP contribution >= 0.6 is 35.0 Å². The topological polar surface area (TPSA) is 113 Å². The molecule has 0 unspecified atom stereocenters. The number of carbonyl (C=O) groups excluding carboxylic acids is 2. The number of nitrogens with one attached hydrogen (secondary N) is 1. The molecule has 0 saturated carbocycles. The summed E-state index contributed by atoms with van der Waals surface area (Å²) >= 11 is 13.8. The summed E-state index contributed by atoms with van der Waals surface area (Å²) in [6.07, 6.45) is 0. The van der Waals surface area contributed by atoms with Gasteiger partial charge in [-0.15, -0.1) is 11.8 Å². The predicted molar refractivity (Wildman–Crippen MR) is 112 cm³/mol. The van der Waals surface area contributed by atoms with Crippen molar-refractivity contribution in [2.24, 2.45) is 0 Å². The van der Waals surface area contributed by atoms with E-state index in [1.807, 2.05) is 0 Å². The normalized spacial score (nSPS) is 24.4. The van der Waals surface area contributed by atoms with Crippen LogP contribution in [0.5, 0.6) is 0 Å². The minimum atomic E-state index is -1.07. The first-order valence-corrected chi connectivity index (χ1v) is 10.6. The molecule has 2 aromatic rings. The molecule has 2 N–H and O–H groups in total. The van der Waals surface area contributed by atoms with Gasteiger partial charge in [-0.05, 0) is 32.9 Å². The van der Waals surface area contributed by atoms with Crippen molar-refractivity contribution in [1.82, 2.24) is 15.4 Å². The Morgan fingerprint density at radius 3 is 2.53 bits per heavy atom. The second-order valence-electron chi connectivity index (χ2n) is 7.61. The van der Waals surface area contributed by atoms with Gasteiger partial charge >= 0.3 is 5.97 Å². The van der Waals surface area contributed by atoms with Gasteiger partial charge in [0.05, 0.1) is 10.0 Å². The minimum absolute atomic E-state index is 0.119. The van der Waals surface area contributed by atoms with Gasteiger partial charge in [0.2, 0.25) is 5.91 Å². The average molecular weight is 470 g/mol. The number of amides is 2. The van der Waals surface area contributed by atoms with E-state index in [0.29, 0.717) is 15.6 Å². The number of carboxylic acid groups (broad SMARTS) is 1. The second kappa shape index (κ2) is 7.18. The molecule has 1 aromatic heterocycles. The number of hydrogen-bond acceptors (Lipinski definition) is 6. The molecule has 158 valence electrons. The third-order valence-corrected chi connectivity index (χ3v) is 7.45. The number of halogens is 2. The Balaban J connectivity index is 1.62. The highest BCUT2D eigenvalue weighted by Gasteiger charge is 2.64. The summed E-state index contributed by atoms with van der Waals surface area (Å²) in [5.41, 5.74) is 0.645. The van der Waals surface area contributed by atoms with E-state index in [4.69, 9.17) is 27.7 Å². The first kappa shape index (κ1) is 21.0. The standard InChI is InChI=1S/C19H17Cl2N3O5S/c1-7-10(12(23-29-7)11-8(20)5-4-6-9(11)21)15(25)22-13-16(26)24-14(18(27)28)19(2,3)30-17(13)24/h4-6,13-14,17H,1-3H3,(H,22,25)(H,27,28)/t13-,14-,17-/m0/s1. The van der Waals surface area contributed by atoms with Gasteiger partial charge in [-0.3, -0.25) is 9.59 Å². The summed E-state index contributed by atoms with van der Waals surface area (Å²) in [5, 5.41) is 16.3. The number of hydrogen-bond donors (Lipinski definition) is 2. The fourth-order valence-electron chi connectivity index (χ4n) is 3.89. The molecule has 30 heavy (non-hydrogen) atoms. The zero-order valence-electron chi connectivity index (χ0n) is 16.1. The molecule has 2 aliphatic heterocycles. The van der Waals surface area contributed by atoms with Crippen LogP contribution in [0.25, 0.3) is 11.3 Å². The Bertz CT molecular complexity index is 1070. The van der Waals surface area contributed by atoms with Gasteiger partial charge in [-0.2, -0.15) is 0 Å². The van der Waals surface area contributed by atoms with Gasteiger partial charge in [0.25, 0.3) is 5.91 Å². The molecule has 2 amide bonds. The fourth-order valence-corrected chi connectivity index (χ4v) is 6.09. The van der Waals surface area contributed by atoms with Crippen LogP contribution < -0.4 is 5.32 Å². The molecule has 0 aliphatic carbocycles. The SMILES string of the molecule is Cc1onc(-c2c(Cl)cccc2Cl)c1C(=O)N[C@H]1C(=O)N2[C@@H](C(=O)O)C(C)(C)S[C@@H]12. The van der Waals surface area contributed by atoms with E-state index in [-0.39, 0.29) is 17.0 Å². The largest absolute Gasteiger partial charge is 0.480 e. The van der Waals surface area contributed by atoms with Gasteiger partial charge in [-0.1, -0.05) is 34.4 Å². The highest BCUT2D eigenvalue weighted by molar-refractivity contribution is 8.01. The maximum Gasteiger partial charge on any atom is 0.327 e. The van der Waals surface area contributed by atoms with Gasteiger partial charge in [0, 0.05) is 10.3 Å². The number of aliphatic carboxylic acids is 1. The number of aromatic nitrogens is 1. The summed E-state index contributed by atoms with van der Waals surface area (Å²) in [7, 11) is 0. The Hall–Kier alpha value is -2.23. The Morgan fingerprint density at radius 2 is 1.93 bits per heavy atom. The van der Waals surface area contributed by atoms with Crippen LogP contribution in [0.15, 0.2) is 22.7 Å². The molecule has 2 saturated heterocycles. The quantitative estimate of drug-likeness (QED) is 0.660. The van der Waals surface area contributed by atoms with E-state index in [0.717, 1.165) is 0 Å².